The molecular formula is C22H19BrClF2N5O2S. The van der Waals surface area contributed by atoms with Gasteiger partial charge < -0.3 is 15.2 Å². The number of anilines is 1. The van der Waals surface area contributed by atoms with Crippen LogP contribution in [-0.2, 0) is 11.3 Å². The minimum atomic E-state index is -0.896. The molecular weight excluding hydrogens is 552 g/mol. The number of rotatable bonds is 9. The predicted molar refractivity (Wildman–Crippen MR) is 131 cm³/mol. The number of thioether (sulfide) groups is 1. The van der Waals surface area contributed by atoms with Crippen molar-refractivity contribution in [2.75, 3.05) is 11.1 Å². The van der Waals surface area contributed by atoms with Gasteiger partial charge in [-0.3, -0.25) is 9.59 Å². The molecule has 1 aromatic heterocycles. The van der Waals surface area contributed by atoms with Crippen molar-refractivity contribution in [3.63, 3.8) is 0 Å². The minimum Gasteiger partial charge on any atom is -0.342 e. The smallest absolute Gasteiger partial charge is 0.251 e. The number of allylic oxidation sites excluding steroid dienone is 1. The molecule has 12 heteroatoms. The van der Waals surface area contributed by atoms with Crippen molar-refractivity contribution in [1.82, 2.24) is 20.1 Å². The SMILES string of the molecule is C=CCn1c(SCC(=O)Nc2c(F)cc(F)cc2Br)nnc1[C@H](C)NC(=O)c1ccc(Cl)cc1. The van der Waals surface area contributed by atoms with Gasteiger partial charge in [0.05, 0.1) is 17.5 Å². The van der Waals surface area contributed by atoms with E-state index in [-0.39, 0.29) is 21.8 Å². The van der Waals surface area contributed by atoms with Gasteiger partial charge in [-0.15, -0.1) is 16.8 Å². The number of hydrogen-bond acceptors (Lipinski definition) is 5. The van der Waals surface area contributed by atoms with Gasteiger partial charge in [0.25, 0.3) is 5.91 Å². The lowest BCUT2D eigenvalue weighted by Crippen LogP contribution is -2.28. The van der Waals surface area contributed by atoms with Gasteiger partial charge in [0.15, 0.2) is 16.8 Å². The monoisotopic (exact) mass is 569 g/mol. The Bertz CT molecular complexity index is 1200. The van der Waals surface area contributed by atoms with Crippen molar-refractivity contribution in [3.05, 3.63) is 81.6 Å². The third-order valence-corrected chi connectivity index (χ3v) is 6.35. The summed E-state index contributed by atoms with van der Waals surface area (Å²) in [6, 6.07) is 7.71. The molecule has 3 rings (SSSR count). The average Bonchev–Trinajstić information content (AvgIpc) is 3.18. The van der Waals surface area contributed by atoms with E-state index in [0.29, 0.717) is 34.2 Å². The van der Waals surface area contributed by atoms with Crippen molar-refractivity contribution in [2.45, 2.75) is 24.7 Å². The first-order valence-corrected chi connectivity index (χ1v) is 12.0. The first-order chi connectivity index (χ1) is 16.2. The van der Waals surface area contributed by atoms with Crippen LogP contribution < -0.4 is 10.6 Å². The number of amides is 2. The van der Waals surface area contributed by atoms with Crippen molar-refractivity contribution in [2.24, 2.45) is 0 Å². The van der Waals surface area contributed by atoms with Crippen molar-refractivity contribution in [1.29, 1.82) is 0 Å². The first kappa shape index (κ1) is 25.9. The van der Waals surface area contributed by atoms with Crippen molar-refractivity contribution < 1.29 is 18.4 Å². The van der Waals surface area contributed by atoms with Crippen LogP contribution in [-0.4, -0.2) is 32.3 Å². The summed E-state index contributed by atoms with van der Waals surface area (Å²) < 4.78 is 29.0. The molecule has 0 fully saturated rings. The van der Waals surface area contributed by atoms with Crippen LogP contribution in [0.4, 0.5) is 14.5 Å². The molecule has 0 aliphatic rings. The molecule has 0 aliphatic heterocycles. The highest BCUT2D eigenvalue weighted by Crippen LogP contribution is 2.28. The Morgan fingerprint density at radius 3 is 2.62 bits per heavy atom. The van der Waals surface area contributed by atoms with E-state index in [1.165, 1.54) is 0 Å². The summed E-state index contributed by atoms with van der Waals surface area (Å²) in [7, 11) is 0. The third kappa shape index (κ3) is 6.43. The van der Waals surface area contributed by atoms with Crippen LogP contribution in [0.1, 0.15) is 29.1 Å². The highest BCUT2D eigenvalue weighted by Gasteiger charge is 2.21. The van der Waals surface area contributed by atoms with E-state index in [1.54, 1.807) is 41.8 Å². The molecule has 2 amide bonds. The molecule has 0 spiro atoms. The van der Waals surface area contributed by atoms with E-state index in [2.05, 4.69) is 43.3 Å². The van der Waals surface area contributed by atoms with Crippen LogP contribution >= 0.6 is 39.3 Å². The molecule has 1 heterocycles. The number of carbonyl (C=O) groups is 2. The topological polar surface area (TPSA) is 88.9 Å². The Labute approximate surface area is 212 Å². The predicted octanol–water partition coefficient (Wildman–Crippen LogP) is 5.38. The number of benzene rings is 2. The zero-order valence-electron chi connectivity index (χ0n) is 17.8. The molecule has 0 bridgehead atoms. The third-order valence-electron chi connectivity index (χ3n) is 4.50. The Kier molecular flexibility index (Phi) is 8.81. The first-order valence-electron chi connectivity index (χ1n) is 9.87. The Balaban J connectivity index is 1.68. The van der Waals surface area contributed by atoms with E-state index >= 15 is 0 Å². The molecule has 7 nitrogen and oxygen atoms in total. The Morgan fingerprint density at radius 2 is 1.97 bits per heavy atom. The molecule has 0 unspecified atom stereocenters. The number of carbonyl (C=O) groups excluding carboxylic acids is 2. The molecule has 178 valence electrons. The molecule has 1 atom stereocenters. The highest BCUT2D eigenvalue weighted by atomic mass is 79.9. The lowest BCUT2D eigenvalue weighted by Gasteiger charge is -2.15. The van der Waals surface area contributed by atoms with Crippen LogP contribution in [0.5, 0.6) is 0 Å². The Hall–Kier alpha value is -2.76. The maximum atomic E-state index is 14.0. The molecule has 0 saturated carbocycles. The molecule has 0 saturated heterocycles. The fourth-order valence-electron chi connectivity index (χ4n) is 2.94. The van der Waals surface area contributed by atoms with Crippen LogP contribution in [0.2, 0.25) is 5.02 Å². The number of nitrogens with zero attached hydrogens (tertiary/aromatic N) is 3. The summed E-state index contributed by atoms with van der Waals surface area (Å²) >= 11 is 9.97. The van der Waals surface area contributed by atoms with Gasteiger partial charge >= 0.3 is 0 Å². The number of halogens is 4. The molecule has 3 aromatic rings. The summed E-state index contributed by atoms with van der Waals surface area (Å²) in [4.78, 5) is 24.9. The van der Waals surface area contributed by atoms with E-state index in [4.69, 9.17) is 11.6 Å². The van der Waals surface area contributed by atoms with E-state index in [9.17, 15) is 18.4 Å². The normalized spacial score (nSPS) is 11.7. The quantitative estimate of drug-likeness (QED) is 0.266. The van der Waals surface area contributed by atoms with E-state index in [0.717, 1.165) is 17.8 Å². The fourth-order valence-corrected chi connectivity index (χ4v) is 4.33. The van der Waals surface area contributed by atoms with Crippen LogP contribution in [0.25, 0.3) is 0 Å². The van der Waals surface area contributed by atoms with Gasteiger partial charge in [-0.25, -0.2) is 8.78 Å². The van der Waals surface area contributed by atoms with Crippen molar-refractivity contribution >= 4 is 56.8 Å². The maximum Gasteiger partial charge on any atom is 0.251 e. The van der Waals surface area contributed by atoms with Crippen LogP contribution in [0.3, 0.4) is 0 Å². The minimum absolute atomic E-state index is 0.0886. The number of aromatic nitrogens is 3. The summed E-state index contributed by atoms with van der Waals surface area (Å²) in [5.74, 6) is -2.12. The number of nitrogens with one attached hydrogen (secondary N) is 2. The zero-order chi connectivity index (χ0) is 24.8. The van der Waals surface area contributed by atoms with E-state index in [1.807, 2.05) is 0 Å². The second-order valence-electron chi connectivity index (χ2n) is 7.02. The summed E-state index contributed by atoms with van der Waals surface area (Å²) in [5.41, 5.74) is 0.287. The summed E-state index contributed by atoms with van der Waals surface area (Å²) in [6.07, 6.45) is 1.63. The molecule has 2 aromatic carbocycles. The summed E-state index contributed by atoms with van der Waals surface area (Å²) in [6.45, 7) is 5.83. The highest BCUT2D eigenvalue weighted by molar-refractivity contribution is 9.10. The maximum absolute atomic E-state index is 14.0. The van der Waals surface area contributed by atoms with Gasteiger partial charge in [0, 0.05) is 27.7 Å². The second-order valence-corrected chi connectivity index (χ2v) is 9.26. The van der Waals surface area contributed by atoms with Gasteiger partial charge in [-0.1, -0.05) is 29.4 Å². The van der Waals surface area contributed by atoms with Crippen LogP contribution in [0.15, 0.2) is 58.7 Å². The van der Waals surface area contributed by atoms with Gasteiger partial charge in [-0.05, 0) is 53.2 Å². The van der Waals surface area contributed by atoms with Gasteiger partial charge in [0.1, 0.15) is 5.82 Å². The standard InChI is InChI=1S/C22H19BrClF2N5O2S/c1-3-8-31-20(12(2)27-21(33)13-4-6-14(24)7-5-13)29-30-22(31)34-11-18(32)28-19-16(23)9-15(25)10-17(19)26/h3-7,9-10,12H,1,8,11H2,2H3,(H,27,33)(H,28,32)/t12-/m0/s1. The van der Waals surface area contributed by atoms with Gasteiger partial charge in [0.2, 0.25) is 5.91 Å². The lowest BCUT2D eigenvalue weighted by atomic mass is 10.2. The molecule has 0 radical (unpaired) electrons. The lowest BCUT2D eigenvalue weighted by molar-refractivity contribution is -0.113. The van der Waals surface area contributed by atoms with Gasteiger partial charge in [-0.2, -0.15) is 0 Å². The Morgan fingerprint density at radius 1 is 1.26 bits per heavy atom. The second kappa shape index (κ2) is 11.6. The number of hydrogen-bond donors (Lipinski definition) is 2. The average molecular weight is 571 g/mol. The van der Waals surface area contributed by atoms with E-state index < -0.39 is 23.6 Å². The molecule has 34 heavy (non-hydrogen) atoms. The molecule has 2 N–H and O–H groups in total. The molecule has 0 aliphatic carbocycles. The largest absolute Gasteiger partial charge is 0.342 e. The van der Waals surface area contributed by atoms with Crippen LogP contribution in [0, 0.1) is 11.6 Å². The zero-order valence-corrected chi connectivity index (χ0v) is 21.0. The van der Waals surface area contributed by atoms with Crippen molar-refractivity contribution in [3.8, 4) is 0 Å². The summed E-state index contributed by atoms with van der Waals surface area (Å²) in [5, 5.41) is 14.5. The fraction of sp³-hybridized carbons (Fsp3) is 0.182.